The molecule has 1 saturated heterocycles. The normalized spacial score (nSPS) is 34.7. The van der Waals surface area contributed by atoms with Gasteiger partial charge in [-0.2, -0.15) is 0 Å². The Morgan fingerprint density at radius 1 is 1.89 bits per heavy atom. The lowest BCUT2D eigenvalue weighted by Crippen LogP contribution is -2.39. The number of rotatable bonds is 1. The summed E-state index contributed by atoms with van der Waals surface area (Å²) in [4.78, 5) is 10.5. The van der Waals surface area contributed by atoms with Crippen LogP contribution in [-0.2, 0) is 4.79 Å². The first kappa shape index (κ1) is 6.51. The maximum absolute atomic E-state index is 10.5. The number of nitrogens with one attached hydrogen (secondary N) is 1. The fourth-order valence-electron chi connectivity index (χ4n) is 0.910. The molecule has 1 rings (SSSR count). The van der Waals surface area contributed by atoms with Crippen molar-refractivity contribution in [2.75, 3.05) is 6.61 Å². The molecule has 1 heterocycles. The van der Waals surface area contributed by atoms with Crippen LogP contribution >= 0.6 is 0 Å². The zero-order valence-corrected chi connectivity index (χ0v) is 5.00. The molecule has 1 aliphatic heterocycles. The average molecular weight is 130 g/mol. The van der Waals surface area contributed by atoms with Gasteiger partial charge in [0.15, 0.2) is 0 Å². The molecule has 0 radical (unpaired) electrons. The minimum atomic E-state index is -0.225. The van der Waals surface area contributed by atoms with E-state index in [-0.39, 0.29) is 24.6 Å². The molecule has 0 spiro atoms. The lowest BCUT2D eigenvalue weighted by atomic mass is 10.1. The first-order chi connectivity index (χ1) is 4.24. The molecule has 52 valence electrons. The van der Waals surface area contributed by atoms with E-state index in [4.69, 9.17) is 10.8 Å². The molecule has 0 aromatic heterocycles. The molecule has 1 amide bonds. The van der Waals surface area contributed by atoms with E-state index in [1.165, 1.54) is 0 Å². The molecule has 1 aliphatic rings. The largest absolute Gasteiger partial charge is 0.394 e. The van der Waals surface area contributed by atoms with E-state index in [0.29, 0.717) is 6.42 Å². The van der Waals surface area contributed by atoms with Crippen LogP contribution in [0.4, 0.5) is 0 Å². The molecule has 4 heteroatoms. The quantitative estimate of drug-likeness (QED) is 0.392. The fraction of sp³-hybridized carbons (Fsp3) is 0.800. The van der Waals surface area contributed by atoms with Gasteiger partial charge in [0.05, 0.1) is 12.6 Å². The minimum Gasteiger partial charge on any atom is -0.394 e. The zero-order chi connectivity index (χ0) is 6.85. The summed E-state index contributed by atoms with van der Waals surface area (Å²) in [5.74, 6) is -0.0680. The second-order valence-corrected chi connectivity index (χ2v) is 2.22. The van der Waals surface area contributed by atoms with Gasteiger partial charge in [0.2, 0.25) is 5.91 Å². The second kappa shape index (κ2) is 2.33. The van der Waals surface area contributed by atoms with Crippen LogP contribution in [0.25, 0.3) is 0 Å². The summed E-state index contributed by atoms with van der Waals surface area (Å²) >= 11 is 0. The van der Waals surface area contributed by atoms with Crippen LogP contribution in [0.5, 0.6) is 0 Å². The minimum absolute atomic E-state index is 0.0626. The molecule has 1 fully saturated rings. The van der Waals surface area contributed by atoms with Gasteiger partial charge < -0.3 is 16.2 Å². The number of carbonyl (C=O) groups excluding carboxylic acids is 1. The summed E-state index contributed by atoms with van der Waals surface area (Å²) in [5.41, 5.74) is 5.44. The highest BCUT2D eigenvalue weighted by Crippen LogP contribution is 2.03. The summed E-state index contributed by atoms with van der Waals surface area (Å²) in [7, 11) is 0. The summed E-state index contributed by atoms with van der Waals surface area (Å²) in [5, 5.41) is 11.1. The highest BCUT2D eigenvalue weighted by molar-refractivity contribution is 5.79. The van der Waals surface area contributed by atoms with E-state index in [1.807, 2.05) is 0 Å². The monoisotopic (exact) mass is 130 g/mol. The highest BCUT2D eigenvalue weighted by Gasteiger charge is 2.27. The molecular weight excluding hydrogens is 120 g/mol. The average Bonchev–Trinajstić information content (AvgIpc) is 2.10. The van der Waals surface area contributed by atoms with E-state index in [1.54, 1.807) is 0 Å². The van der Waals surface area contributed by atoms with Crippen molar-refractivity contribution in [3.63, 3.8) is 0 Å². The number of hydrogen-bond donors (Lipinski definition) is 3. The number of aliphatic hydroxyl groups excluding tert-OH is 1. The topological polar surface area (TPSA) is 75.4 Å². The van der Waals surface area contributed by atoms with Crippen LogP contribution in [0.2, 0.25) is 0 Å². The molecule has 0 aromatic rings. The standard InChI is InChI=1S/C5H10N2O2/c6-3-1-5(9)7-4(3)2-8/h3-4,8H,1-2,6H2,(H,7,9)/t3-,4-/m0/s1. The van der Waals surface area contributed by atoms with Gasteiger partial charge in [0, 0.05) is 12.5 Å². The second-order valence-electron chi connectivity index (χ2n) is 2.22. The van der Waals surface area contributed by atoms with Gasteiger partial charge in [0.1, 0.15) is 0 Å². The van der Waals surface area contributed by atoms with Crippen LogP contribution in [0, 0.1) is 0 Å². The SMILES string of the molecule is N[C@H]1CC(=O)N[C@H]1CO. The molecule has 0 bridgehead atoms. The van der Waals surface area contributed by atoms with Crippen molar-refractivity contribution in [2.24, 2.45) is 5.73 Å². The Morgan fingerprint density at radius 3 is 2.78 bits per heavy atom. The summed E-state index contributed by atoms with van der Waals surface area (Å²) in [6, 6.07) is -0.431. The van der Waals surface area contributed by atoms with Crippen LogP contribution < -0.4 is 11.1 Å². The third-order valence-electron chi connectivity index (χ3n) is 1.48. The van der Waals surface area contributed by atoms with Crippen molar-refractivity contribution in [3.05, 3.63) is 0 Å². The van der Waals surface area contributed by atoms with Crippen molar-refractivity contribution in [3.8, 4) is 0 Å². The third-order valence-corrected chi connectivity index (χ3v) is 1.48. The van der Waals surface area contributed by atoms with Gasteiger partial charge in [-0.1, -0.05) is 0 Å². The summed E-state index contributed by atoms with van der Waals surface area (Å²) < 4.78 is 0. The Bertz CT molecular complexity index is 126. The Balaban J connectivity index is 2.47. The van der Waals surface area contributed by atoms with Crippen molar-refractivity contribution in [1.82, 2.24) is 5.32 Å². The lowest BCUT2D eigenvalue weighted by Gasteiger charge is -2.09. The number of hydrogen-bond acceptors (Lipinski definition) is 3. The fourth-order valence-corrected chi connectivity index (χ4v) is 0.910. The van der Waals surface area contributed by atoms with Crippen LogP contribution in [0.15, 0.2) is 0 Å². The van der Waals surface area contributed by atoms with Gasteiger partial charge in [-0.3, -0.25) is 4.79 Å². The number of nitrogens with two attached hydrogens (primary N) is 1. The van der Waals surface area contributed by atoms with Crippen molar-refractivity contribution in [2.45, 2.75) is 18.5 Å². The van der Waals surface area contributed by atoms with Crippen molar-refractivity contribution >= 4 is 5.91 Å². The predicted molar refractivity (Wildman–Crippen MR) is 31.6 cm³/mol. The first-order valence-electron chi connectivity index (χ1n) is 2.90. The van der Waals surface area contributed by atoms with Crippen molar-refractivity contribution < 1.29 is 9.90 Å². The van der Waals surface area contributed by atoms with Crippen LogP contribution in [0.3, 0.4) is 0 Å². The maximum atomic E-state index is 10.5. The molecule has 0 saturated carbocycles. The van der Waals surface area contributed by atoms with Gasteiger partial charge in [-0.05, 0) is 0 Å². The molecule has 0 aliphatic carbocycles. The predicted octanol–water partition coefficient (Wildman–Crippen LogP) is -1.81. The van der Waals surface area contributed by atoms with E-state index >= 15 is 0 Å². The van der Waals surface area contributed by atoms with E-state index in [2.05, 4.69) is 5.32 Å². The van der Waals surface area contributed by atoms with Gasteiger partial charge in [-0.15, -0.1) is 0 Å². The van der Waals surface area contributed by atoms with Gasteiger partial charge >= 0.3 is 0 Å². The highest BCUT2D eigenvalue weighted by atomic mass is 16.3. The van der Waals surface area contributed by atoms with E-state index in [9.17, 15) is 4.79 Å². The van der Waals surface area contributed by atoms with Gasteiger partial charge in [0.25, 0.3) is 0 Å². The Labute approximate surface area is 53.0 Å². The number of amides is 1. The number of aliphatic hydroxyl groups is 1. The summed E-state index contributed by atoms with van der Waals surface area (Å²) in [6.45, 7) is -0.0626. The zero-order valence-electron chi connectivity index (χ0n) is 5.00. The van der Waals surface area contributed by atoms with Crippen LogP contribution in [-0.4, -0.2) is 29.7 Å². The molecule has 4 N–H and O–H groups in total. The summed E-state index contributed by atoms with van der Waals surface area (Å²) in [6.07, 6.45) is 0.339. The molecule has 4 nitrogen and oxygen atoms in total. The van der Waals surface area contributed by atoms with Crippen LogP contribution in [0.1, 0.15) is 6.42 Å². The molecule has 0 aromatic carbocycles. The van der Waals surface area contributed by atoms with E-state index < -0.39 is 0 Å². The molecule has 2 atom stereocenters. The first-order valence-corrected chi connectivity index (χ1v) is 2.90. The molecular formula is C5H10N2O2. The van der Waals surface area contributed by atoms with Gasteiger partial charge in [-0.25, -0.2) is 0 Å². The van der Waals surface area contributed by atoms with Crippen molar-refractivity contribution in [1.29, 1.82) is 0 Å². The number of carbonyl (C=O) groups is 1. The third kappa shape index (κ3) is 1.20. The Hall–Kier alpha value is -0.610. The maximum Gasteiger partial charge on any atom is 0.221 e. The smallest absolute Gasteiger partial charge is 0.221 e. The molecule has 0 unspecified atom stereocenters. The molecule has 9 heavy (non-hydrogen) atoms. The lowest BCUT2D eigenvalue weighted by molar-refractivity contribution is -0.119. The Morgan fingerprint density at radius 2 is 2.56 bits per heavy atom. The van der Waals surface area contributed by atoms with E-state index in [0.717, 1.165) is 0 Å². The Kier molecular flexibility index (Phi) is 1.68.